The van der Waals surface area contributed by atoms with Crippen LogP contribution in [0.2, 0.25) is 0 Å². The summed E-state index contributed by atoms with van der Waals surface area (Å²) in [6.07, 6.45) is 0.862. The third-order valence-corrected chi connectivity index (χ3v) is 2.32. The Bertz CT molecular complexity index is 333. The first-order valence-corrected chi connectivity index (χ1v) is 4.07. The van der Waals surface area contributed by atoms with Gasteiger partial charge in [-0.15, -0.1) is 0 Å². The van der Waals surface area contributed by atoms with Crippen molar-refractivity contribution in [2.45, 2.75) is 12.3 Å². The Labute approximate surface area is 74.1 Å². The van der Waals surface area contributed by atoms with Crippen molar-refractivity contribution in [3.8, 4) is 0 Å². The molecule has 0 radical (unpaired) electrons. The summed E-state index contributed by atoms with van der Waals surface area (Å²) in [5.74, 6) is 0.800. The summed E-state index contributed by atoms with van der Waals surface area (Å²) in [7, 11) is 0. The molecule has 0 aromatic carbocycles. The Hall–Kier alpha value is -1.36. The molecule has 5 heteroatoms. The summed E-state index contributed by atoms with van der Waals surface area (Å²) in [5, 5.41) is 19.0. The van der Waals surface area contributed by atoms with Gasteiger partial charge in [-0.05, 0) is 18.4 Å². The summed E-state index contributed by atoms with van der Waals surface area (Å²) < 4.78 is 4.99. The quantitative estimate of drug-likeness (QED) is 0.565. The van der Waals surface area contributed by atoms with Crippen molar-refractivity contribution in [1.29, 1.82) is 0 Å². The lowest BCUT2D eigenvalue weighted by atomic mass is 10.2. The van der Waals surface area contributed by atoms with Crippen LogP contribution in [0.3, 0.4) is 0 Å². The number of hydrogen-bond acceptors (Lipinski definition) is 4. The Balaban J connectivity index is 2.11. The van der Waals surface area contributed by atoms with E-state index < -0.39 is 4.92 Å². The van der Waals surface area contributed by atoms with E-state index in [1.54, 1.807) is 6.07 Å². The van der Waals surface area contributed by atoms with Gasteiger partial charge in [0.25, 0.3) is 0 Å². The summed E-state index contributed by atoms with van der Waals surface area (Å²) in [5.41, 5.74) is 0. The number of aliphatic hydroxyl groups excluding tert-OH is 1. The van der Waals surface area contributed by atoms with Gasteiger partial charge in [0.2, 0.25) is 0 Å². The summed E-state index contributed by atoms with van der Waals surface area (Å²) in [4.78, 5) is 9.72. The van der Waals surface area contributed by atoms with Gasteiger partial charge < -0.3 is 9.52 Å². The lowest BCUT2D eigenvalue weighted by Gasteiger charge is -1.89. The van der Waals surface area contributed by atoms with Crippen LogP contribution >= 0.6 is 0 Å². The molecule has 1 aliphatic carbocycles. The first-order chi connectivity index (χ1) is 6.22. The highest BCUT2D eigenvalue weighted by Crippen LogP contribution is 2.47. The highest BCUT2D eigenvalue weighted by atomic mass is 16.6. The zero-order valence-corrected chi connectivity index (χ0v) is 6.84. The van der Waals surface area contributed by atoms with Crippen molar-refractivity contribution in [3.05, 3.63) is 28.0 Å². The van der Waals surface area contributed by atoms with Crippen LogP contribution in [0.25, 0.3) is 0 Å². The molecule has 1 saturated carbocycles. The monoisotopic (exact) mass is 183 g/mol. The van der Waals surface area contributed by atoms with Gasteiger partial charge >= 0.3 is 5.88 Å². The van der Waals surface area contributed by atoms with E-state index in [0.29, 0.717) is 5.76 Å². The van der Waals surface area contributed by atoms with Gasteiger partial charge in [0.15, 0.2) is 0 Å². The number of furan rings is 1. The van der Waals surface area contributed by atoms with Crippen LogP contribution in [-0.4, -0.2) is 16.6 Å². The Morgan fingerprint density at radius 3 is 2.92 bits per heavy atom. The fourth-order valence-corrected chi connectivity index (χ4v) is 1.44. The van der Waals surface area contributed by atoms with E-state index >= 15 is 0 Å². The van der Waals surface area contributed by atoms with Crippen molar-refractivity contribution in [2.24, 2.45) is 5.92 Å². The van der Waals surface area contributed by atoms with Crippen molar-refractivity contribution in [3.63, 3.8) is 0 Å². The molecule has 0 bridgehead atoms. The number of rotatable bonds is 3. The predicted octanol–water partition coefficient (Wildman–Crippen LogP) is 1.28. The van der Waals surface area contributed by atoms with Crippen molar-refractivity contribution in [2.75, 3.05) is 6.61 Å². The van der Waals surface area contributed by atoms with E-state index in [2.05, 4.69) is 0 Å². The molecule has 1 N–H and O–H groups in total. The summed E-state index contributed by atoms with van der Waals surface area (Å²) in [6.45, 7) is 0.124. The van der Waals surface area contributed by atoms with Crippen LogP contribution in [0.5, 0.6) is 0 Å². The smallest absolute Gasteiger partial charge is 0.406 e. The molecule has 1 aliphatic rings. The van der Waals surface area contributed by atoms with Crippen molar-refractivity contribution >= 4 is 5.88 Å². The van der Waals surface area contributed by atoms with Gasteiger partial charge in [0, 0.05) is 12.5 Å². The topological polar surface area (TPSA) is 76.5 Å². The maximum absolute atomic E-state index is 10.3. The predicted molar refractivity (Wildman–Crippen MR) is 43.3 cm³/mol. The zero-order valence-electron chi connectivity index (χ0n) is 6.84. The minimum absolute atomic E-state index is 0.124. The number of hydrogen-bond donors (Lipinski definition) is 1. The van der Waals surface area contributed by atoms with E-state index in [-0.39, 0.29) is 24.3 Å². The van der Waals surface area contributed by atoms with E-state index in [1.807, 2.05) is 0 Å². The van der Waals surface area contributed by atoms with Crippen molar-refractivity contribution in [1.82, 2.24) is 0 Å². The van der Waals surface area contributed by atoms with Gasteiger partial charge in [-0.1, -0.05) is 0 Å². The van der Waals surface area contributed by atoms with Gasteiger partial charge in [0.1, 0.15) is 10.7 Å². The molecule has 13 heavy (non-hydrogen) atoms. The van der Waals surface area contributed by atoms with Crippen LogP contribution < -0.4 is 0 Å². The largest absolute Gasteiger partial charge is 0.433 e. The minimum atomic E-state index is -0.556. The highest BCUT2D eigenvalue weighted by Gasteiger charge is 2.40. The second kappa shape index (κ2) is 2.85. The average Bonchev–Trinajstić information content (AvgIpc) is 2.73. The second-order valence-electron chi connectivity index (χ2n) is 3.22. The van der Waals surface area contributed by atoms with E-state index in [4.69, 9.17) is 9.52 Å². The molecule has 2 rings (SSSR count). The molecule has 0 unspecified atom stereocenters. The number of aliphatic hydroxyl groups is 1. The van der Waals surface area contributed by atoms with Crippen LogP contribution in [0.15, 0.2) is 16.5 Å². The third-order valence-electron chi connectivity index (χ3n) is 2.32. The first-order valence-electron chi connectivity index (χ1n) is 4.07. The molecule has 0 saturated heterocycles. The van der Waals surface area contributed by atoms with E-state index in [9.17, 15) is 10.1 Å². The summed E-state index contributed by atoms with van der Waals surface area (Å²) in [6, 6.07) is 2.96. The lowest BCUT2D eigenvalue weighted by Crippen LogP contribution is -1.87. The van der Waals surface area contributed by atoms with Gasteiger partial charge in [-0.3, -0.25) is 10.1 Å². The van der Waals surface area contributed by atoms with E-state index in [0.717, 1.165) is 6.42 Å². The maximum atomic E-state index is 10.3. The first kappa shape index (κ1) is 8.25. The molecule has 5 nitrogen and oxygen atoms in total. The molecule has 0 spiro atoms. The zero-order chi connectivity index (χ0) is 9.42. The van der Waals surface area contributed by atoms with Crippen LogP contribution in [0.4, 0.5) is 5.88 Å². The molecule has 1 aromatic rings. The van der Waals surface area contributed by atoms with Crippen LogP contribution in [0.1, 0.15) is 18.1 Å². The molecule has 70 valence electrons. The molecule has 0 amide bonds. The summed E-state index contributed by atoms with van der Waals surface area (Å²) >= 11 is 0. The highest BCUT2D eigenvalue weighted by molar-refractivity contribution is 5.24. The molecule has 2 atom stereocenters. The van der Waals surface area contributed by atoms with Crippen molar-refractivity contribution < 1.29 is 14.4 Å². The molecular weight excluding hydrogens is 174 g/mol. The SMILES string of the molecule is O=[N+]([O-])c1ccc([C@H]2C[C@@H]2CO)o1. The number of nitro groups is 1. The van der Waals surface area contributed by atoms with Gasteiger partial charge in [-0.25, -0.2) is 0 Å². The molecule has 1 aromatic heterocycles. The molecule has 1 fully saturated rings. The molecule has 1 heterocycles. The lowest BCUT2D eigenvalue weighted by molar-refractivity contribution is -0.402. The van der Waals surface area contributed by atoms with E-state index in [1.165, 1.54) is 6.07 Å². The molecule has 0 aliphatic heterocycles. The Morgan fingerprint density at radius 1 is 1.69 bits per heavy atom. The second-order valence-corrected chi connectivity index (χ2v) is 3.22. The maximum Gasteiger partial charge on any atom is 0.433 e. The normalized spacial score (nSPS) is 25.9. The number of nitrogens with zero attached hydrogens (tertiary/aromatic N) is 1. The fraction of sp³-hybridized carbons (Fsp3) is 0.500. The minimum Gasteiger partial charge on any atom is -0.406 e. The Kier molecular flexibility index (Phi) is 1.81. The van der Waals surface area contributed by atoms with Gasteiger partial charge in [-0.2, -0.15) is 0 Å². The third kappa shape index (κ3) is 1.42. The average molecular weight is 183 g/mol. The fourth-order valence-electron chi connectivity index (χ4n) is 1.44. The standard InChI is InChI=1S/C8H9NO4/c10-4-5-3-6(5)7-1-2-8(13-7)9(11)12/h1-2,5-6,10H,3-4H2/t5-,6+/m1/s1. The van der Waals surface area contributed by atoms with Crippen LogP contribution in [0, 0.1) is 16.0 Å². The van der Waals surface area contributed by atoms with Crippen LogP contribution in [-0.2, 0) is 0 Å². The molecular formula is C8H9NO4. The van der Waals surface area contributed by atoms with Gasteiger partial charge in [0.05, 0.1) is 6.07 Å². The Morgan fingerprint density at radius 2 is 2.46 bits per heavy atom.